The van der Waals surface area contributed by atoms with Crippen LogP contribution in [-0.2, 0) is 6.54 Å². The van der Waals surface area contributed by atoms with E-state index in [2.05, 4.69) is 10.3 Å². The molecular formula is C12H9F2N3O2. The first-order valence-corrected chi connectivity index (χ1v) is 5.34. The zero-order valence-electron chi connectivity index (χ0n) is 9.64. The highest BCUT2D eigenvalue weighted by molar-refractivity contribution is 5.62. The quantitative estimate of drug-likeness (QED) is 0.681. The number of rotatable bonds is 4. The molecule has 0 unspecified atom stereocenters. The van der Waals surface area contributed by atoms with Crippen LogP contribution in [0.15, 0.2) is 36.7 Å². The maximum absolute atomic E-state index is 13.4. The molecule has 98 valence electrons. The fourth-order valence-electron chi connectivity index (χ4n) is 1.58. The van der Waals surface area contributed by atoms with Crippen molar-refractivity contribution in [2.45, 2.75) is 6.54 Å². The van der Waals surface area contributed by atoms with Crippen LogP contribution in [0.4, 0.5) is 20.2 Å². The molecule has 5 nitrogen and oxygen atoms in total. The molecule has 0 radical (unpaired) electrons. The van der Waals surface area contributed by atoms with Crippen molar-refractivity contribution in [3.05, 3.63) is 64.0 Å². The van der Waals surface area contributed by atoms with Crippen molar-refractivity contribution >= 4 is 11.4 Å². The SMILES string of the molecule is O=[N+]([O-])c1c(F)cc(F)cc1NCc1ccncc1. The van der Waals surface area contributed by atoms with E-state index in [1.165, 1.54) is 0 Å². The smallest absolute Gasteiger partial charge is 0.327 e. The number of nitrogens with one attached hydrogen (secondary N) is 1. The lowest BCUT2D eigenvalue weighted by molar-refractivity contribution is -0.386. The normalized spacial score (nSPS) is 10.2. The Morgan fingerprint density at radius 2 is 1.95 bits per heavy atom. The van der Waals surface area contributed by atoms with Crippen molar-refractivity contribution in [2.75, 3.05) is 5.32 Å². The number of anilines is 1. The Morgan fingerprint density at radius 1 is 1.26 bits per heavy atom. The van der Waals surface area contributed by atoms with Gasteiger partial charge >= 0.3 is 5.69 Å². The summed E-state index contributed by atoms with van der Waals surface area (Å²) in [6.07, 6.45) is 3.11. The summed E-state index contributed by atoms with van der Waals surface area (Å²) in [6, 6.07) is 4.75. The minimum Gasteiger partial charge on any atom is -0.375 e. The van der Waals surface area contributed by atoms with Gasteiger partial charge in [0, 0.05) is 31.1 Å². The summed E-state index contributed by atoms with van der Waals surface area (Å²) in [7, 11) is 0. The summed E-state index contributed by atoms with van der Waals surface area (Å²) < 4.78 is 26.4. The summed E-state index contributed by atoms with van der Waals surface area (Å²) in [4.78, 5) is 13.7. The van der Waals surface area contributed by atoms with Crippen LogP contribution in [0.3, 0.4) is 0 Å². The minimum absolute atomic E-state index is 0.195. The standard InChI is InChI=1S/C12H9F2N3O2/c13-9-5-10(14)12(17(18)19)11(6-9)16-7-8-1-3-15-4-2-8/h1-6,16H,7H2. The Kier molecular flexibility index (Phi) is 3.65. The first kappa shape index (κ1) is 12.9. The van der Waals surface area contributed by atoms with Crippen LogP contribution in [0.2, 0.25) is 0 Å². The van der Waals surface area contributed by atoms with Gasteiger partial charge in [0.05, 0.1) is 4.92 Å². The monoisotopic (exact) mass is 265 g/mol. The number of nitro benzene ring substituents is 1. The molecule has 0 aliphatic carbocycles. The average molecular weight is 265 g/mol. The Balaban J connectivity index is 2.27. The van der Waals surface area contributed by atoms with Gasteiger partial charge in [0.15, 0.2) is 0 Å². The van der Waals surface area contributed by atoms with Gasteiger partial charge in [0.25, 0.3) is 0 Å². The molecule has 0 amide bonds. The molecule has 0 saturated carbocycles. The first-order valence-electron chi connectivity index (χ1n) is 5.34. The average Bonchev–Trinajstić information content (AvgIpc) is 2.36. The number of aromatic nitrogens is 1. The molecule has 1 heterocycles. The number of nitro groups is 1. The van der Waals surface area contributed by atoms with Gasteiger partial charge in [-0.3, -0.25) is 15.1 Å². The lowest BCUT2D eigenvalue weighted by Crippen LogP contribution is -2.05. The maximum atomic E-state index is 13.4. The third-order valence-corrected chi connectivity index (χ3v) is 2.44. The predicted octanol–water partition coefficient (Wildman–Crippen LogP) is 2.88. The van der Waals surface area contributed by atoms with Crippen LogP contribution >= 0.6 is 0 Å². The van der Waals surface area contributed by atoms with Gasteiger partial charge in [-0.05, 0) is 17.7 Å². The largest absolute Gasteiger partial charge is 0.375 e. The molecule has 0 aliphatic heterocycles. The Morgan fingerprint density at radius 3 is 2.58 bits per heavy atom. The van der Waals surface area contributed by atoms with E-state index in [0.717, 1.165) is 11.6 Å². The lowest BCUT2D eigenvalue weighted by atomic mass is 10.2. The second-order valence-corrected chi connectivity index (χ2v) is 3.75. The second kappa shape index (κ2) is 5.38. The van der Waals surface area contributed by atoms with Crippen molar-refractivity contribution in [2.24, 2.45) is 0 Å². The molecule has 0 saturated heterocycles. The molecule has 0 atom stereocenters. The van der Waals surface area contributed by atoms with Gasteiger partial charge in [-0.25, -0.2) is 4.39 Å². The molecule has 0 bridgehead atoms. The third-order valence-electron chi connectivity index (χ3n) is 2.44. The lowest BCUT2D eigenvalue weighted by Gasteiger charge is -2.07. The van der Waals surface area contributed by atoms with Crippen LogP contribution in [0, 0.1) is 21.7 Å². The number of halogens is 2. The van der Waals surface area contributed by atoms with E-state index in [1.54, 1.807) is 24.5 Å². The van der Waals surface area contributed by atoms with E-state index in [1.807, 2.05) is 0 Å². The molecular weight excluding hydrogens is 256 g/mol. The number of pyridine rings is 1. The second-order valence-electron chi connectivity index (χ2n) is 3.75. The van der Waals surface area contributed by atoms with Crippen molar-refractivity contribution in [3.63, 3.8) is 0 Å². The molecule has 0 spiro atoms. The molecule has 1 N–H and O–H groups in total. The number of hydrogen-bond donors (Lipinski definition) is 1. The molecule has 0 aliphatic rings. The van der Waals surface area contributed by atoms with Crippen molar-refractivity contribution in [1.82, 2.24) is 4.98 Å². The van der Waals surface area contributed by atoms with Crippen LogP contribution in [0.25, 0.3) is 0 Å². The number of hydrogen-bond acceptors (Lipinski definition) is 4. The van der Waals surface area contributed by atoms with E-state index in [4.69, 9.17) is 0 Å². The highest BCUT2D eigenvalue weighted by Gasteiger charge is 2.21. The molecule has 7 heteroatoms. The van der Waals surface area contributed by atoms with E-state index in [0.29, 0.717) is 6.07 Å². The molecule has 1 aromatic carbocycles. The van der Waals surface area contributed by atoms with Crippen molar-refractivity contribution in [3.8, 4) is 0 Å². The summed E-state index contributed by atoms with van der Waals surface area (Å²) in [6.45, 7) is 0.201. The van der Waals surface area contributed by atoms with E-state index < -0.39 is 22.2 Å². The maximum Gasteiger partial charge on any atom is 0.327 e. The van der Waals surface area contributed by atoms with Crippen LogP contribution in [0.5, 0.6) is 0 Å². The van der Waals surface area contributed by atoms with Gasteiger partial charge in [-0.15, -0.1) is 0 Å². The van der Waals surface area contributed by atoms with Crippen LogP contribution < -0.4 is 5.32 Å². The summed E-state index contributed by atoms with van der Waals surface area (Å²) in [5.74, 6) is -2.08. The summed E-state index contributed by atoms with van der Waals surface area (Å²) in [5.41, 5.74) is -0.177. The van der Waals surface area contributed by atoms with Gasteiger partial charge in [0.2, 0.25) is 5.82 Å². The fourth-order valence-corrected chi connectivity index (χ4v) is 1.58. The summed E-state index contributed by atoms with van der Waals surface area (Å²) in [5, 5.41) is 13.4. The van der Waals surface area contributed by atoms with E-state index in [-0.39, 0.29) is 12.2 Å². The zero-order chi connectivity index (χ0) is 13.8. The van der Waals surface area contributed by atoms with Gasteiger partial charge in [-0.1, -0.05) is 0 Å². The number of benzene rings is 1. The summed E-state index contributed by atoms with van der Waals surface area (Å²) >= 11 is 0. The first-order chi connectivity index (χ1) is 9.08. The number of nitrogens with zero attached hydrogens (tertiary/aromatic N) is 2. The van der Waals surface area contributed by atoms with Gasteiger partial charge in [0.1, 0.15) is 11.5 Å². The van der Waals surface area contributed by atoms with Crippen LogP contribution in [-0.4, -0.2) is 9.91 Å². The van der Waals surface area contributed by atoms with Crippen molar-refractivity contribution in [1.29, 1.82) is 0 Å². The Labute approximate surface area is 107 Å². The van der Waals surface area contributed by atoms with E-state index >= 15 is 0 Å². The topological polar surface area (TPSA) is 68.1 Å². The fraction of sp³-hybridized carbons (Fsp3) is 0.0833. The van der Waals surface area contributed by atoms with Gasteiger partial charge < -0.3 is 5.32 Å². The third kappa shape index (κ3) is 3.01. The Hall–Kier alpha value is -2.57. The minimum atomic E-state index is -1.21. The highest BCUT2D eigenvalue weighted by atomic mass is 19.1. The molecule has 19 heavy (non-hydrogen) atoms. The van der Waals surface area contributed by atoms with Crippen molar-refractivity contribution < 1.29 is 13.7 Å². The molecule has 0 fully saturated rings. The van der Waals surface area contributed by atoms with Gasteiger partial charge in [-0.2, -0.15) is 4.39 Å². The molecule has 1 aromatic heterocycles. The predicted molar refractivity (Wildman–Crippen MR) is 64.6 cm³/mol. The van der Waals surface area contributed by atoms with E-state index in [9.17, 15) is 18.9 Å². The highest BCUT2D eigenvalue weighted by Crippen LogP contribution is 2.29. The molecule has 2 rings (SSSR count). The Bertz CT molecular complexity index is 605. The zero-order valence-corrected chi connectivity index (χ0v) is 9.64. The molecule has 2 aromatic rings. The van der Waals surface area contributed by atoms with Crippen LogP contribution in [0.1, 0.15) is 5.56 Å².